The maximum absolute atomic E-state index is 12.8. The van der Waals surface area contributed by atoms with Crippen LogP contribution < -0.4 is 10.1 Å². The van der Waals surface area contributed by atoms with Gasteiger partial charge in [-0.3, -0.25) is 9.59 Å². The number of ether oxygens (including phenoxy) is 1. The highest BCUT2D eigenvalue weighted by Crippen LogP contribution is 2.20. The monoisotopic (exact) mass is 375 g/mol. The van der Waals surface area contributed by atoms with Crippen molar-refractivity contribution in [3.8, 4) is 5.88 Å². The third-order valence-electron chi connectivity index (χ3n) is 4.30. The maximum atomic E-state index is 12.8. The Hall–Kier alpha value is -2.84. The van der Waals surface area contributed by atoms with Gasteiger partial charge in [0.25, 0.3) is 17.7 Å². The fourth-order valence-corrected chi connectivity index (χ4v) is 2.86. The summed E-state index contributed by atoms with van der Waals surface area (Å²) in [6.45, 7) is 8.21. The number of methoxy groups -OCH3 is 1. The summed E-state index contributed by atoms with van der Waals surface area (Å²) in [6, 6.07) is 1.46. The molecule has 0 spiro atoms. The number of imidazole rings is 1. The number of aryl methyl sites for hydroxylation is 1. The number of nitrogens with zero attached hydrogens (tertiary/aromatic N) is 4. The predicted molar refractivity (Wildman–Crippen MR) is 96.4 cm³/mol. The molecule has 1 aliphatic heterocycles. The molecule has 1 N–H and O–H groups in total. The molecule has 9 heteroatoms. The minimum Gasteiger partial charge on any atom is -0.479 e. The molecule has 0 radical (unpaired) electrons. The molecule has 0 fully saturated rings. The molecule has 0 aliphatic carbocycles. The van der Waals surface area contributed by atoms with Gasteiger partial charge in [-0.1, -0.05) is 20.8 Å². The Labute approximate surface area is 157 Å². The molecule has 0 aromatic carbocycles. The fourth-order valence-electron chi connectivity index (χ4n) is 2.86. The third kappa shape index (κ3) is 4.29. The summed E-state index contributed by atoms with van der Waals surface area (Å²) in [6.07, 6.45) is 2.41. The van der Waals surface area contributed by atoms with Gasteiger partial charge in [0.2, 0.25) is 5.76 Å². The highest BCUT2D eigenvalue weighted by molar-refractivity contribution is 5.94. The van der Waals surface area contributed by atoms with Crippen LogP contribution in [0.15, 0.2) is 16.9 Å². The molecular formula is C18H25N5O4. The van der Waals surface area contributed by atoms with Crippen molar-refractivity contribution in [2.24, 2.45) is 5.41 Å². The van der Waals surface area contributed by atoms with Crippen molar-refractivity contribution in [1.29, 1.82) is 0 Å². The number of nitrogens with one attached hydrogen (secondary N) is 1. The van der Waals surface area contributed by atoms with Crippen LogP contribution in [0.4, 0.5) is 0 Å². The maximum Gasteiger partial charge on any atom is 0.292 e. The zero-order chi connectivity index (χ0) is 19.6. The molecule has 2 amide bonds. The topological polar surface area (TPSA) is 102 Å². The first kappa shape index (κ1) is 18.9. The molecule has 2 aromatic heterocycles. The second-order valence-corrected chi connectivity index (χ2v) is 7.79. The number of carbonyl (C=O) groups excluding carboxylic acids is 2. The summed E-state index contributed by atoms with van der Waals surface area (Å²) in [5, 5.41) is 6.59. The molecule has 27 heavy (non-hydrogen) atoms. The molecule has 2 aromatic rings. The van der Waals surface area contributed by atoms with Crippen LogP contribution in [0.1, 0.15) is 53.9 Å². The first-order valence-corrected chi connectivity index (χ1v) is 8.90. The lowest BCUT2D eigenvalue weighted by Gasteiger charge is -2.20. The smallest absolute Gasteiger partial charge is 0.292 e. The van der Waals surface area contributed by atoms with Crippen LogP contribution in [0.25, 0.3) is 0 Å². The van der Waals surface area contributed by atoms with Crippen LogP contribution in [0.5, 0.6) is 5.88 Å². The molecule has 0 saturated heterocycles. The normalized spacial score (nSPS) is 14.4. The van der Waals surface area contributed by atoms with E-state index in [1.54, 1.807) is 11.2 Å². The Balaban J connectivity index is 1.78. The summed E-state index contributed by atoms with van der Waals surface area (Å²) in [4.78, 5) is 31.3. The Morgan fingerprint density at radius 1 is 1.33 bits per heavy atom. The van der Waals surface area contributed by atoms with E-state index in [2.05, 4.69) is 15.5 Å². The van der Waals surface area contributed by atoms with E-state index >= 15 is 0 Å². The highest BCUT2D eigenvalue weighted by Gasteiger charge is 2.28. The lowest BCUT2D eigenvalue weighted by molar-refractivity contribution is 0.0701. The number of hydrogen-bond acceptors (Lipinski definition) is 6. The summed E-state index contributed by atoms with van der Waals surface area (Å²) >= 11 is 0. The Morgan fingerprint density at radius 2 is 2.11 bits per heavy atom. The van der Waals surface area contributed by atoms with Crippen LogP contribution in [0.3, 0.4) is 0 Å². The minimum atomic E-state index is -0.290. The lowest BCUT2D eigenvalue weighted by Crippen LogP contribution is -2.34. The highest BCUT2D eigenvalue weighted by atomic mass is 16.5. The first-order chi connectivity index (χ1) is 12.8. The van der Waals surface area contributed by atoms with Crippen LogP contribution in [0.2, 0.25) is 0 Å². The molecule has 9 nitrogen and oxygen atoms in total. The van der Waals surface area contributed by atoms with Crippen molar-refractivity contribution in [2.45, 2.75) is 40.3 Å². The van der Waals surface area contributed by atoms with E-state index in [0.29, 0.717) is 25.3 Å². The van der Waals surface area contributed by atoms with E-state index in [-0.39, 0.29) is 35.4 Å². The Morgan fingerprint density at radius 3 is 2.78 bits per heavy atom. The van der Waals surface area contributed by atoms with Crippen LogP contribution in [-0.4, -0.2) is 51.6 Å². The van der Waals surface area contributed by atoms with E-state index in [4.69, 9.17) is 9.26 Å². The molecule has 0 saturated carbocycles. The van der Waals surface area contributed by atoms with Crippen molar-refractivity contribution in [1.82, 2.24) is 24.9 Å². The summed E-state index contributed by atoms with van der Waals surface area (Å²) in [5.74, 6) is -0.158. The van der Waals surface area contributed by atoms with E-state index in [9.17, 15) is 9.59 Å². The molecular weight excluding hydrogens is 350 g/mol. The van der Waals surface area contributed by atoms with Crippen LogP contribution in [-0.2, 0) is 13.1 Å². The number of amides is 2. The van der Waals surface area contributed by atoms with E-state index in [0.717, 1.165) is 12.1 Å². The van der Waals surface area contributed by atoms with Gasteiger partial charge in [0, 0.05) is 19.6 Å². The molecule has 146 valence electrons. The van der Waals surface area contributed by atoms with Gasteiger partial charge in [-0.05, 0) is 17.0 Å². The molecule has 0 atom stereocenters. The number of rotatable bonds is 4. The number of aromatic nitrogens is 3. The zero-order valence-corrected chi connectivity index (χ0v) is 16.1. The van der Waals surface area contributed by atoms with Gasteiger partial charge < -0.3 is 24.0 Å². The number of hydrogen-bond donors (Lipinski definition) is 1. The van der Waals surface area contributed by atoms with Gasteiger partial charge in [0.1, 0.15) is 0 Å². The number of fused-ring (bicyclic) bond motifs is 1. The van der Waals surface area contributed by atoms with E-state index in [1.165, 1.54) is 13.2 Å². The Kier molecular flexibility index (Phi) is 5.20. The van der Waals surface area contributed by atoms with Gasteiger partial charge in [0.05, 0.1) is 31.7 Å². The summed E-state index contributed by atoms with van der Waals surface area (Å²) < 4.78 is 12.0. The molecule has 1 aliphatic rings. The summed E-state index contributed by atoms with van der Waals surface area (Å²) in [7, 11) is 1.46. The van der Waals surface area contributed by atoms with Gasteiger partial charge in [-0.15, -0.1) is 0 Å². The standard InChI is InChI=1S/C18H25N5O4/c1-18(2,3)10-19-16(24)15-12-9-22(6-5-7-23(12)11-20-15)17(25)13-8-14(26-4)21-27-13/h8,11H,5-7,9-10H2,1-4H3,(H,19,24). The van der Waals surface area contributed by atoms with Crippen molar-refractivity contribution in [3.05, 3.63) is 29.5 Å². The average Bonchev–Trinajstić information content (AvgIpc) is 3.20. The first-order valence-electron chi connectivity index (χ1n) is 8.90. The Bertz CT molecular complexity index is 833. The minimum absolute atomic E-state index is 0.0281. The molecule has 0 bridgehead atoms. The molecule has 3 heterocycles. The zero-order valence-electron chi connectivity index (χ0n) is 16.1. The molecule has 3 rings (SSSR count). The average molecular weight is 375 g/mol. The fraction of sp³-hybridized carbons (Fsp3) is 0.556. The summed E-state index contributed by atoms with van der Waals surface area (Å²) in [5.41, 5.74) is 1.05. The van der Waals surface area contributed by atoms with Crippen molar-refractivity contribution in [3.63, 3.8) is 0 Å². The van der Waals surface area contributed by atoms with E-state index in [1.807, 2.05) is 25.3 Å². The lowest BCUT2D eigenvalue weighted by atomic mass is 9.97. The van der Waals surface area contributed by atoms with Crippen LogP contribution in [0, 0.1) is 5.41 Å². The second kappa shape index (κ2) is 7.42. The van der Waals surface area contributed by atoms with Gasteiger partial charge >= 0.3 is 0 Å². The van der Waals surface area contributed by atoms with E-state index < -0.39 is 0 Å². The van der Waals surface area contributed by atoms with Gasteiger partial charge in [0.15, 0.2) is 5.69 Å². The van der Waals surface area contributed by atoms with Crippen molar-refractivity contribution in [2.75, 3.05) is 20.2 Å². The third-order valence-corrected chi connectivity index (χ3v) is 4.30. The van der Waals surface area contributed by atoms with Gasteiger partial charge in [-0.2, -0.15) is 0 Å². The largest absolute Gasteiger partial charge is 0.479 e. The van der Waals surface area contributed by atoms with Crippen molar-refractivity contribution >= 4 is 11.8 Å². The second-order valence-electron chi connectivity index (χ2n) is 7.79. The van der Waals surface area contributed by atoms with Gasteiger partial charge in [-0.25, -0.2) is 4.98 Å². The quantitative estimate of drug-likeness (QED) is 0.873. The van der Waals surface area contributed by atoms with Crippen LogP contribution >= 0.6 is 0 Å². The number of carbonyl (C=O) groups is 2. The van der Waals surface area contributed by atoms with Crippen molar-refractivity contribution < 1.29 is 18.8 Å². The SMILES string of the molecule is COc1cc(C(=O)N2CCCn3cnc(C(=O)NCC(C)(C)C)c3C2)on1. The predicted octanol–water partition coefficient (Wildman–Crippen LogP) is 1.70. The molecule has 0 unspecified atom stereocenters.